The Morgan fingerprint density at radius 1 is 1.05 bits per heavy atom. The van der Waals surface area contributed by atoms with Gasteiger partial charge in [-0.05, 0) is 36.8 Å². The minimum absolute atomic E-state index is 0.141. The molecule has 2 nitrogen and oxygen atoms in total. The molecule has 0 saturated heterocycles. The molecule has 2 rings (SSSR count). The van der Waals surface area contributed by atoms with Gasteiger partial charge < -0.3 is 11.1 Å². The highest BCUT2D eigenvalue weighted by atomic mass is 35.5. The quantitative estimate of drug-likeness (QED) is 0.696. The van der Waals surface area contributed by atoms with Gasteiger partial charge in [-0.25, -0.2) is 0 Å². The maximum atomic E-state index is 12.9. The molecule has 0 spiro atoms. The van der Waals surface area contributed by atoms with Gasteiger partial charge in [0.15, 0.2) is 0 Å². The lowest BCUT2D eigenvalue weighted by Crippen LogP contribution is -2.08. The molecule has 0 heterocycles. The van der Waals surface area contributed by atoms with Crippen LogP contribution in [0.3, 0.4) is 0 Å². The van der Waals surface area contributed by atoms with E-state index in [0.717, 1.165) is 6.07 Å². The Hall–Kier alpha value is -1.59. The van der Waals surface area contributed by atoms with Crippen LogP contribution in [-0.2, 0) is 6.18 Å². The number of nitrogens with two attached hydrogens (primary N) is 1. The van der Waals surface area contributed by atoms with Crippen LogP contribution in [-0.4, -0.2) is 0 Å². The molecule has 21 heavy (non-hydrogen) atoms. The molecular weight excluding hydrogens is 324 g/mol. The molecule has 0 radical (unpaired) electrons. The second kappa shape index (κ2) is 5.66. The van der Waals surface area contributed by atoms with E-state index in [9.17, 15) is 13.2 Å². The predicted molar refractivity (Wildman–Crippen MR) is 80.3 cm³/mol. The molecule has 0 aromatic heterocycles. The molecule has 0 unspecified atom stereocenters. The van der Waals surface area contributed by atoms with Gasteiger partial charge in [0.1, 0.15) is 0 Å². The second-order valence-corrected chi connectivity index (χ2v) is 5.33. The number of benzene rings is 2. The van der Waals surface area contributed by atoms with Gasteiger partial charge in [0.05, 0.1) is 21.3 Å². The molecule has 0 fully saturated rings. The summed E-state index contributed by atoms with van der Waals surface area (Å²) in [5.41, 5.74) is 5.92. The Bertz CT molecular complexity index is 661. The minimum atomic E-state index is -4.42. The molecule has 0 amide bonds. The number of halogens is 5. The largest absolute Gasteiger partial charge is 0.416 e. The van der Waals surface area contributed by atoms with Gasteiger partial charge in [-0.3, -0.25) is 0 Å². The van der Waals surface area contributed by atoms with Crippen LogP contribution in [0.2, 0.25) is 10.0 Å². The normalized spacial score (nSPS) is 11.5. The van der Waals surface area contributed by atoms with E-state index in [-0.39, 0.29) is 21.3 Å². The Kier molecular flexibility index (Phi) is 4.25. The van der Waals surface area contributed by atoms with Crippen LogP contribution in [0.15, 0.2) is 30.3 Å². The summed E-state index contributed by atoms with van der Waals surface area (Å²) < 4.78 is 38.6. The lowest BCUT2D eigenvalue weighted by atomic mass is 10.1. The summed E-state index contributed by atoms with van der Waals surface area (Å²) in [6, 6.07) is 6.85. The molecule has 0 aliphatic rings. The van der Waals surface area contributed by atoms with Crippen molar-refractivity contribution in [3.8, 4) is 0 Å². The average Bonchev–Trinajstić information content (AvgIpc) is 2.34. The number of anilines is 3. The third kappa shape index (κ3) is 3.54. The fraction of sp³-hybridized carbons (Fsp3) is 0.143. The lowest BCUT2D eigenvalue weighted by Gasteiger charge is -2.15. The van der Waals surface area contributed by atoms with Crippen LogP contribution in [0, 0.1) is 6.92 Å². The molecule has 7 heteroatoms. The van der Waals surface area contributed by atoms with E-state index in [1.807, 2.05) is 0 Å². The van der Waals surface area contributed by atoms with E-state index in [1.165, 1.54) is 31.2 Å². The van der Waals surface area contributed by atoms with Crippen LogP contribution >= 0.6 is 23.2 Å². The van der Waals surface area contributed by atoms with Crippen molar-refractivity contribution >= 4 is 40.3 Å². The van der Waals surface area contributed by atoms with Crippen molar-refractivity contribution in [3.63, 3.8) is 0 Å². The van der Waals surface area contributed by atoms with Crippen molar-refractivity contribution in [3.05, 3.63) is 51.5 Å². The van der Waals surface area contributed by atoms with Gasteiger partial charge in [-0.1, -0.05) is 29.3 Å². The van der Waals surface area contributed by atoms with Crippen molar-refractivity contribution in [2.24, 2.45) is 0 Å². The molecule has 0 saturated carbocycles. The first-order valence-electron chi connectivity index (χ1n) is 5.88. The fourth-order valence-corrected chi connectivity index (χ4v) is 2.46. The zero-order chi connectivity index (χ0) is 15.8. The molecule has 0 bridgehead atoms. The molecule has 0 aliphatic heterocycles. The van der Waals surface area contributed by atoms with E-state index < -0.39 is 11.7 Å². The number of rotatable bonds is 2. The monoisotopic (exact) mass is 334 g/mol. The molecule has 2 aromatic carbocycles. The fourth-order valence-electron chi connectivity index (χ4n) is 1.86. The molecule has 0 atom stereocenters. The van der Waals surface area contributed by atoms with Crippen molar-refractivity contribution in [1.82, 2.24) is 0 Å². The Labute approximate surface area is 129 Å². The number of hydrogen-bond donors (Lipinski definition) is 2. The highest BCUT2D eigenvalue weighted by molar-refractivity contribution is 6.39. The van der Waals surface area contributed by atoms with Crippen molar-refractivity contribution < 1.29 is 13.2 Å². The molecule has 0 aliphatic carbocycles. The van der Waals surface area contributed by atoms with E-state index in [4.69, 9.17) is 28.9 Å². The number of nitrogens with one attached hydrogen (secondary N) is 1. The Morgan fingerprint density at radius 2 is 1.62 bits per heavy atom. The van der Waals surface area contributed by atoms with Gasteiger partial charge in [0.2, 0.25) is 0 Å². The Morgan fingerprint density at radius 3 is 2.14 bits per heavy atom. The third-order valence-corrected chi connectivity index (χ3v) is 3.47. The topological polar surface area (TPSA) is 38.0 Å². The first-order chi connectivity index (χ1) is 9.68. The molecule has 3 N–H and O–H groups in total. The highest BCUT2D eigenvalue weighted by Gasteiger charge is 2.32. The van der Waals surface area contributed by atoms with E-state index in [2.05, 4.69) is 5.32 Å². The number of alkyl halides is 3. The van der Waals surface area contributed by atoms with Crippen molar-refractivity contribution in [1.29, 1.82) is 0 Å². The van der Waals surface area contributed by atoms with Crippen LogP contribution in [0.25, 0.3) is 0 Å². The summed E-state index contributed by atoms with van der Waals surface area (Å²) in [6.07, 6.45) is -4.42. The van der Waals surface area contributed by atoms with Crippen molar-refractivity contribution in [2.75, 3.05) is 11.1 Å². The maximum Gasteiger partial charge on any atom is 0.416 e. The van der Waals surface area contributed by atoms with E-state index in [1.54, 1.807) is 0 Å². The summed E-state index contributed by atoms with van der Waals surface area (Å²) in [5, 5.41) is 3.25. The van der Waals surface area contributed by atoms with Gasteiger partial charge in [0.25, 0.3) is 0 Å². The predicted octanol–water partition coefficient (Wildman–Crippen LogP) is 5.65. The summed E-state index contributed by atoms with van der Waals surface area (Å²) in [4.78, 5) is 0. The summed E-state index contributed by atoms with van der Waals surface area (Å²) in [5.74, 6) is 0. The van der Waals surface area contributed by atoms with Crippen molar-refractivity contribution in [2.45, 2.75) is 13.1 Å². The summed E-state index contributed by atoms with van der Waals surface area (Å²) in [7, 11) is 0. The van der Waals surface area contributed by atoms with Crippen LogP contribution in [0.5, 0.6) is 0 Å². The van der Waals surface area contributed by atoms with Crippen LogP contribution < -0.4 is 11.1 Å². The zero-order valence-electron chi connectivity index (χ0n) is 10.9. The second-order valence-electron chi connectivity index (χ2n) is 4.51. The van der Waals surface area contributed by atoms with Gasteiger partial charge in [0, 0.05) is 11.4 Å². The average molecular weight is 335 g/mol. The Balaban J connectivity index is 2.42. The number of hydrogen-bond acceptors (Lipinski definition) is 2. The van der Waals surface area contributed by atoms with Gasteiger partial charge in [-0.2, -0.15) is 13.2 Å². The minimum Gasteiger partial charge on any atom is -0.399 e. The lowest BCUT2D eigenvalue weighted by molar-refractivity contribution is -0.138. The zero-order valence-corrected chi connectivity index (χ0v) is 12.4. The smallest absolute Gasteiger partial charge is 0.399 e. The summed E-state index contributed by atoms with van der Waals surface area (Å²) in [6.45, 7) is 1.40. The van der Waals surface area contributed by atoms with E-state index in [0.29, 0.717) is 11.4 Å². The van der Waals surface area contributed by atoms with Gasteiger partial charge in [-0.15, -0.1) is 0 Å². The SMILES string of the molecule is Cc1ccc(Nc2c(Cl)cc(N)cc2Cl)cc1C(F)(F)F. The van der Waals surface area contributed by atoms with Gasteiger partial charge >= 0.3 is 6.18 Å². The molecule has 2 aromatic rings. The van der Waals surface area contributed by atoms with Crippen LogP contribution in [0.1, 0.15) is 11.1 Å². The first kappa shape index (κ1) is 15.8. The van der Waals surface area contributed by atoms with E-state index >= 15 is 0 Å². The summed E-state index contributed by atoms with van der Waals surface area (Å²) >= 11 is 12.0. The number of aryl methyl sites for hydroxylation is 1. The standard InChI is InChI=1S/C14H11Cl2F3N2/c1-7-2-3-9(6-10(7)14(17,18)19)21-13-11(15)4-8(20)5-12(13)16/h2-6,21H,20H2,1H3. The first-order valence-corrected chi connectivity index (χ1v) is 6.63. The molecule has 112 valence electrons. The van der Waals surface area contributed by atoms with Crippen LogP contribution in [0.4, 0.5) is 30.2 Å². The number of nitrogen functional groups attached to an aromatic ring is 1. The maximum absolute atomic E-state index is 12.9. The third-order valence-electron chi connectivity index (χ3n) is 2.88. The molecular formula is C14H11Cl2F3N2. The highest BCUT2D eigenvalue weighted by Crippen LogP contribution is 2.37.